The number of piperidine rings is 1. The van der Waals surface area contributed by atoms with Gasteiger partial charge in [0.05, 0.1) is 17.9 Å². The molecule has 1 aromatic carbocycles. The molecule has 0 radical (unpaired) electrons. The smallest absolute Gasteiger partial charge is 0.317 e. The van der Waals surface area contributed by atoms with Gasteiger partial charge in [0.1, 0.15) is 5.75 Å². The second-order valence-corrected chi connectivity index (χ2v) is 8.84. The average Bonchev–Trinajstić information content (AvgIpc) is 2.58. The van der Waals surface area contributed by atoms with E-state index < -0.39 is 11.5 Å². The summed E-state index contributed by atoms with van der Waals surface area (Å²) in [6, 6.07) is 5.40. The minimum absolute atomic E-state index is 0.0349. The van der Waals surface area contributed by atoms with E-state index in [4.69, 9.17) is 10.5 Å². The van der Waals surface area contributed by atoms with E-state index in [1.807, 2.05) is 37.8 Å². The number of nitrogens with zero attached hydrogens (tertiary/aromatic N) is 2. The summed E-state index contributed by atoms with van der Waals surface area (Å²) in [5.41, 5.74) is 6.97. The molecule has 1 fully saturated rings. The Morgan fingerprint density at radius 2 is 2.30 bits per heavy atom. The first-order chi connectivity index (χ1) is 12.7. The number of anilines is 1. The van der Waals surface area contributed by atoms with Crippen molar-refractivity contribution in [2.75, 3.05) is 24.4 Å². The van der Waals surface area contributed by atoms with E-state index in [9.17, 15) is 9.35 Å². The van der Waals surface area contributed by atoms with E-state index in [2.05, 4.69) is 14.4 Å². The standard InChI is InChI=1S/C18H27N5O3S/c1-18(2,3)20-17(24)23-9-5-6-12(10-23)11-26-14-8-4-7-13-15(14)16(19)22-27(25)21-13/h4,7-8,12,21H,5-6,9-11H2,1-3H3,(H2,19,22)(H,20,24). The molecular weight excluding hydrogens is 366 g/mol. The summed E-state index contributed by atoms with van der Waals surface area (Å²) in [6.07, 6.45) is 1.95. The highest BCUT2D eigenvalue weighted by molar-refractivity contribution is 7.91. The number of benzene rings is 1. The van der Waals surface area contributed by atoms with Crippen LogP contribution in [-0.2, 0) is 11.5 Å². The first-order valence-corrected chi connectivity index (χ1v) is 10.2. The van der Waals surface area contributed by atoms with Gasteiger partial charge in [-0.2, -0.15) is 4.72 Å². The third kappa shape index (κ3) is 4.98. The molecule has 9 heteroatoms. The van der Waals surface area contributed by atoms with Crippen molar-refractivity contribution in [2.24, 2.45) is 16.0 Å². The molecule has 1 aromatic rings. The van der Waals surface area contributed by atoms with Crippen molar-refractivity contribution in [1.29, 1.82) is 0 Å². The number of rotatable bonds is 3. The lowest BCUT2D eigenvalue weighted by atomic mass is 9.99. The van der Waals surface area contributed by atoms with Crippen LogP contribution in [-0.4, -0.2) is 46.6 Å². The maximum atomic E-state index is 12.4. The van der Waals surface area contributed by atoms with Crippen LogP contribution in [0.4, 0.5) is 10.5 Å². The molecule has 148 valence electrons. The molecule has 0 aliphatic carbocycles. The van der Waals surface area contributed by atoms with Crippen LogP contribution in [0.5, 0.6) is 5.75 Å². The molecule has 2 amide bonds. The highest BCUT2D eigenvalue weighted by Crippen LogP contribution is 2.31. The minimum Gasteiger partial charge on any atom is -0.566 e. The lowest BCUT2D eigenvalue weighted by Crippen LogP contribution is -2.51. The number of ether oxygens (including phenoxy) is 1. The van der Waals surface area contributed by atoms with Gasteiger partial charge in [-0.15, -0.1) is 0 Å². The molecule has 1 saturated heterocycles. The van der Waals surface area contributed by atoms with Crippen LogP contribution in [0, 0.1) is 5.92 Å². The zero-order chi connectivity index (χ0) is 19.6. The molecule has 3 rings (SSSR count). The summed E-state index contributed by atoms with van der Waals surface area (Å²) >= 11 is -1.56. The fraction of sp³-hybridized carbons (Fsp3) is 0.556. The predicted octanol–water partition coefficient (Wildman–Crippen LogP) is 1.99. The predicted molar refractivity (Wildman–Crippen MR) is 107 cm³/mol. The number of fused-ring (bicyclic) bond motifs is 1. The van der Waals surface area contributed by atoms with Crippen molar-refractivity contribution >= 4 is 29.1 Å². The van der Waals surface area contributed by atoms with Gasteiger partial charge in [-0.25, -0.2) is 4.79 Å². The molecule has 2 aliphatic rings. The second-order valence-electron chi connectivity index (χ2n) is 7.95. The zero-order valence-electron chi connectivity index (χ0n) is 15.9. The molecule has 2 heterocycles. The molecule has 4 N–H and O–H groups in total. The minimum atomic E-state index is -1.56. The number of likely N-dealkylation sites (tertiary alicyclic amines) is 1. The van der Waals surface area contributed by atoms with Gasteiger partial charge in [0.25, 0.3) is 0 Å². The van der Waals surface area contributed by atoms with Crippen LogP contribution in [0.25, 0.3) is 0 Å². The summed E-state index contributed by atoms with van der Waals surface area (Å²) < 4.78 is 24.3. The van der Waals surface area contributed by atoms with Gasteiger partial charge < -0.3 is 25.2 Å². The van der Waals surface area contributed by atoms with Gasteiger partial charge >= 0.3 is 6.03 Å². The van der Waals surface area contributed by atoms with Crippen molar-refractivity contribution in [3.05, 3.63) is 23.8 Å². The maximum absolute atomic E-state index is 12.4. The molecule has 27 heavy (non-hydrogen) atoms. The number of nitrogens with two attached hydrogens (primary N) is 1. The SMILES string of the molecule is CC(C)(C)NC(=O)N1CCCC(COc2cccc3c2C(N)=N[S+]([O-])N3)C1. The Labute approximate surface area is 163 Å². The Bertz CT molecular complexity index is 734. The fourth-order valence-electron chi connectivity index (χ4n) is 3.25. The van der Waals surface area contributed by atoms with Crippen LogP contribution in [0.3, 0.4) is 0 Å². The van der Waals surface area contributed by atoms with Crippen molar-refractivity contribution in [3.63, 3.8) is 0 Å². The molecule has 0 saturated carbocycles. The maximum Gasteiger partial charge on any atom is 0.317 e. The first-order valence-electron chi connectivity index (χ1n) is 9.09. The fourth-order valence-corrected chi connectivity index (χ4v) is 3.92. The van der Waals surface area contributed by atoms with Crippen molar-refractivity contribution in [2.45, 2.75) is 39.2 Å². The number of amidine groups is 1. The van der Waals surface area contributed by atoms with Crippen LogP contribution in [0.15, 0.2) is 22.6 Å². The number of urea groups is 1. The lowest BCUT2D eigenvalue weighted by Gasteiger charge is -2.35. The molecule has 2 atom stereocenters. The summed E-state index contributed by atoms with van der Waals surface area (Å²) in [4.78, 5) is 14.3. The lowest BCUT2D eigenvalue weighted by molar-refractivity contribution is 0.133. The second kappa shape index (κ2) is 7.85. The van der Waals surface area contributed by atoms with Gasteiger partial charge in [-0.1, -0.05) is 6.07 Å². The molecule has 0 aromatic heterocycles. The molecule has 0 bridgehead atoms. The average molecular weight is 394 g/mol. The third-order valence-electron chi connectivity index (χ3n) is 4.42. The van der Waals surface area contributed by atoms with E-state index in [1.54, 1.807) is 6.07 Å². The molecular formula is C18H27N5O3S. The highest BCUT2D eigenvalue weighted by Gasteiger charge is 2.28. The van der Waals surface area contributed by atoms with E-state index in [1.165, 1.54) is 0 Å². The van der Waals surface area contributed by atoms with Gasteiger partial charge in [0.15, 0.2) is 5.84 Å². The quantitative estimate of drug-likeness (QED) is 0.680. The van der Waals surface area contributed by atoms with Gasteiger partial charge in [-0.3, -0.25) is 0 Å². The Kier molecular flexibility index (Phi) is 5.71. The number of nitrogens with one attached hydrogen (secondary N) is 2. The largest absolute Gasteiger partial charge is 0.566 e. The van der Waals surface area contributed by atoms with Crippen molar-refractivity contribution in [1.82, 2.24) is 10.2 Å². The summed E-state index contributed by atoms with van der Waals surface area (Å²) in [6.45, 7) is 7.81. The van der Waals surface area contributed by atoms with Gasteiger partial charge in [0, 0.05) is 24.5 Å². The van der Waals surface area contributed by atoms with Crippen LogP contribution in [0.1, 0.15) is 39.2 Å². The summed E-state index contributed by atoms with van der Waals surface area (Å²) in [7, 11) is 0. The summed E-state index contributed by atoms with van der Waals surface area (Å²) in [5.74, 6) is 1.05. The third-order valence-corrected chi connectivity index (χ3v) is 5.18. The zero-order valence-corrected chi connectivity index (χ0v) is 16.8. The topological polar surface area (TPSA) is 115 Å². The number of hydrogen-bond acceptors (Lipinski definition) is 6. The molecule has 0 spiro atoms. The van der Waals surface area contributed by atoms with E-state index in [-0.39, 0.29) is 23.3 Å². The normalized spacial score (nSPS) is 22.4. The van der Waals surface area contributed by atoms with E-state index in [0.717, 1.165) is 19.4 Å². The molecule has 8 nitrogen and oxygen atoms in total. The number of carbonyl (C=O) groups excluding carboxylic acids is 1. The van der Waals surface area contributed by atoms with Gasteiger partial charge in [-0.05, 0) is 50.1 Å². The first kappa shape index (κ1) is 19.6. The summed E-state index contributed by atoms with van der Waals surface area (Å²) in [5, 5.41) is 3.01. The Morgan fingerprint density at radius 3 is 3.04 bits per heavy atom. The Morgan fingerprint density at radius 1 is 1.52 bits per heavy atom. The van der Waals surface area contributed by atoms with Gasteiger partial charge in [0.2, 0.25) is 11.5 Å². The Hall–Kier alpha value is -2.13. The van der Waals surface area contributed by atoms with Crippen LogP contribution in [0.2, 0.25) is 0 Å². The number of carbonyl (C=O) groups is 1. The van der Waals surface area contributed by atoms with Crippen molar-refractivity contribution in [3.8, 4) is 5.75 Å². The van der Waals surface area contributed by atoms with E-state index >= 15 is 0 Å². The number of hydrogen-bond donors (Lipinski definition) is 3. The monoisotopic (exact) mass is 393 g/mol. The Balaban J connectivity index is 1.62. The highest BCUT2D eigenvalue weighted by atomic mass is 32.2. The molecule has 2 unspecified atom stereocenters. The van der Waals surface area contributed by atoms with Crippen molar-refractivity contribution < 1.29 is 14.1 Å². The van der Waals surface area contributed by atoms with Crippen LogP contribution < -0.4 is 20.5 Å². The number of amides is 2. The molecule has 2 aliphatic heterocycles. The van der Waals surface area contributed by atoms with Crippen LogP contribution >= 0.6 is 0 Å². The van der Waals surface area contributed by atoms with E-state index in [0.29, 0.717) is 30.2 Å².